The van der Waals surface area contributed by atoms with Gasteiger partial charge in [-0.15, -0.1) is 0 Å². The molecule has 6 nitrogen and oxygen atoms in total. The fourth-order valence-electron chi connectivity index (χ4n) is 2.04. The van der Waals surface area contributed by atoms with Crippen LogP contribution in [0.2, 0.25) is 0 Å². The van der Waals surface area contributed by atoms with Crippen molar-refractivity contribution >= 4 is 11.6 Å². The molecule has 0 bridgehead atoms. The summed E-state index contributed by atoms with van der Waals surface area (Å²) in [6.07, 6.45) is 4.15. The first-order chi connectivity index (χ1) is 8.84. The number of carbonyl (C=O) groups excluding carboxylic acids is 1. The van der Waals surface area contributed by atoms with E-state index in [2.05, 4.69) is 25.8 Å². The lowest BCUT2D eigenvalue weighted by atomic mass is 10.1. The highest BCUT2D eigenvalue weighted by Crippen LogP contribution is 2.16. The Morgan fingerprint density at radius 1 is 1.33 bits per heavy atom. The van der Waals surface area contributed by atoms with Crippen molar-refractivity contribution in [1.82, 2.24) is 20.5 Å². The zero-order valence-electron chi connectivity index (χ0n) is 9.73. The van der Waals surface area contributed by atoms with E-state index >= 15 is 0 Å². The molecule has 2 aromatic heterocycles. The molecule has 0 aromatic carbocycles. The van der Waals surface area contributed by atoms with Crippen molar-refractivity contribution in [2.24, 2.45) is 0 Å². The number of amides is 1. The molecule has 3 heterocycles. The summed E-state index contributed by atoms with van der Waals surface area (Å²) in [6.45, 7) is 1.60. The molecule has 0 saturated carbocycles. The smallest absolute Gasteiger partial charge is 0.276 e. The summed E-state index contributed by atoms with van der Waals surface area (Å²) in [5, 5.41) is 13.1. The summed E-state index contributed by atoms with van der Waals surface area (Å²) in [6, 6.07) is 3.49. The van der Waals surface area contributed by atoms with E-state index in [1.165, 1.54) is 0 Å². The van der Waals surface area contributed by atoms with Gasteiger partial charge in [0.25, 0.3) is 5.91 Å². The van der Waals surface area contributed by atoms with E-state index in [1.54, 1.807) is 24.5 Å². The average Bonchev–Trinajstić information content (AvgIpc) is 2.84. The predicted octanol–water partition coefficient (Wildman–Crippen LogP) is 0.703. The molecule has 3 rings (SSSR count). The van der Waals surface area contributed by atoms with E-state index < -0.39 is 0 Å². The van der Waals surface area contributed by atoms with Crippen LogP contribution in [0, 0.1) is 0 Å². The highest BCUT2D eigenvalue weighted by atomic mass is 16.1. The van der Waals surface area contributed by atoms with Gasteiger partial charge >= 0.3 is 0 Å². The third-order valence-electron chi connectivity index (χ3n) is 2.96. The quantitative estimate of drug-likeness (QED) is 0.725. The highest BCUT2D eigenvalue weighted by molar-refractivity contribution is 6.04. The second kappa shape index (κ2) is 4.58. The second-order valence-corrected chi connectivity index (χ2v) is 4.15. The lowest BCUT2D eigenvalue weighted by Crippen LogP contribution is -2.25. The SMILES string of the molecule is O=C(Nc1ccncc1)c1n[nH]c2c1CNCC2. The minimum absolute atomic E-state index is 0.192. The Morgan fingerprint density at radius 2 is 2.17 bits per heavy atom. The van der Waals surface area contributed by atoms with Gasteiger partial charge in [0.2, 0.25) is 0 Å². The molecular formula is C12H13N5O. The van der Waals surface area contributed by atoms with Crippen molar-refractivity contribution < 1.29 is 4.79 Å². The molecule has 3 N–H and O–H groups in total. The Kier molecular flexibility index (Phi) is 2.77. The maximum absolute atomic E-state index is 12.1. The Balaban J connectivity index is 1.83. The normalized spacial score (nSPS) is 14.0. The van der Waals surface area contributed by atoms with Gasteiger partial charge in [-0.05, 0) is 12.1 Å². The molecule has 0 spiro atoms. The molecule has 0 fully saturated rings. The van der Waals surface area contributed by atoms with Crippen LogP contribution in [-0.2, 0) is 13.0 Å². The third-order valence-corrected chi connectivity index (χ3v) is 2.96. The van der Waals surface area contributed by atoms with Crippen LogP contribution in [0.4, 0.5) is 5.69 Å². The van der Waals surface area contributed by atoms with Crippen molar-refractivity contribution in [2.45, 2.75) is 13.0 Å². The monoisotopic (exact) mass is 243 g/mol. The highest BCUT2D eigenvalue weighted by Gasteiger charge is 2.21. The molecule has 6 heteroatoms. The lowest BCUT2D eigenvalue weighted by Gasteiger charge is -2.12. The van der Waals surface area contributed by atoms with Gasteiger partial charge in [0.15, 0.2) is 5.69 Å². The van der Waals surface area contributed by atoms with Crippen molar-refractivity contribution in [3.05, 3.63) is 41.5 Å². The van der Waals surface area contributed by atoms with E-state index in [1.807, 2.05) is 0 Å². The molecule has 0 aliphatic carbocycles. The standard InChI is InChI=1S/C12H13N5O/c18-12(15-8-1-4-13-5-2-8)11-9-7-14-6-3-10(9)16-17-11/h1-2,4-5,14H,3,6-7H2,(H,16,17)(H,13,15,18). The summed E-state index contributed by atoms with van der Waals surface area (Å²) in [7, 11) is 0. The lowest BCUT2D eigenvalue weighted by molar-refractivity contribution is 0.102. The maximum atomic E-state index is 12.1. The van der Waals surface area contributed by atoms with Crippen LogP contribution >= 0.6 is 0 Å². The zero-order chi connectivity index (χ0) is 12.4. The number of hydrogen-bond donors (Lipinski definition) is 3. The molecule has 1 amide bonds. The van der Waals surface area contributed by atoms with E-state index in [-0.39, 0.29) is 5.91 Å². The third kappa shape index (κ3) is 1.98. The number of nitrogens with zero attached hydrogens (tertiary/aromatic N) is 2. The number of H-pyrrole nitrogens is 1. The second-order valence-electron chi connectivity index (χ2n) is 4.15. The molecule has 0 saturated heterocycles. The maximum Gasteiger partial charge on any atom is 0.276 e. The Bertz CT molecular complexity index is 563. The summed E-state index contributed by atoms with van der Waals surface area (Å²) in [4.78, 5) is 16.0. The number of aromatic amines is 1. The first-order valence-electron chi connectivity index (χ1n) is 5.83. The van der Waals surface area contributed by atoms with Crippen LogP contribution in [0.3, 0.4) is 0 Å². The Hall–Kier alpha value is -2.21. The van der Waals surface area contributed by atoms with Crippen molar-refractivity contribution in [2.75, 3.05) is 11.9 Å². The van der Waals surface area contributed by atoms with E-state index in [0.717, 1.165) is 29.9 Å². The van der Waals surface area contributed by atoms with Crippen molar-refractivity contribution in [3.63, 3.8) is 0 Å². The largest absolute Gasteiger partial charge is 0.320 e. The number of aromatic nitrogens is 3. The van der Waals surface area contributed by atoms with Crippen LogP contribution < -0.4 is 10.6 Å². The van der Waals surface area contributed by atoms with Crippen LogP contribution in [0.15, 0.2) is 24.5 Å². The van der Waals surface area contributed by atoms with E-state index in [4.69, 9.17) is 0 Å². The van der Waals surface area contributed by atoms with Crippen LogP contribution in [0.25, 0.3) is 0 Å². The zero-order valence-corrected chi connectivity index (χ0v) is 9.73. The van der Waals surface area contributed by atoms with Gasteiger partial charge < -0.3 is 10.6 Å². The summed E-state index contributed by atoms with van der Waals surface area (Å²) >= 11 is 0. The molecule has 0 radical (unpaired) electrons. The number of anilines is 1. The first-order valence-corrected chi connectivity index (χ1v) is 5.83. The molecule has 1 aliphatic heterocycles. The fraction of sp³-hybridized carbons (Fsp3) is 0.250. The number of pyridine rings is 1. The van der Waals surface area contributed by atoms with Crippen molar-refractivity contribution in [3.8, 4) is 0 Å². The number of nitrogens with one attached hydrogen (secondary N) is 3. The number of fused-ring (bicyclic) bond motifs is 1. The fourth-order valence-corrected chi connectivity index (χ4v) is 2.04. The van der Waals surface area contributed by atoms with Gasteiger partial charge in [-0.2, -0.15) is 5.10 Å². The summed E-state index contributed by atoms with van der Waals surface area (Å²) < 4.78 is 0. The Labute approximate surface area is 104 Å². The van der Waals surface area contributed by atoms with Gasteiger partial charge in [0.1, 0.15) is 0 Å². The van der Waals surface area contributed by atoms with Gasteiger partial charge in [0.05, 0.1) is 0 Å². The minimum Gasteiger partial charge on any atom is -0.320 e. The van der Waals surface area contributed by atoms with E-state index in [0.29, 0.717) is 12.2 Å². The minimum atomic E-state index is -0.192. The summed E-state index contributed by atoms with van der Waals surface area (Å²) in [5.41, 5.74) is 3.20. The van der Waals surface area contributed by atoms with Gasteiger partial charge in [-0.25, -0.2) is 0 Å². The predicted molar refractivity (Wildman–Crippen MR) is 66.2 cm³/mol. The molecule has 92 valence electrons. The first kappa shape index (κ1) is 10.9. The molecular weight excluding hydrogens is 230 g/mol. The number of rotatable bonds is 2. The molecule has 0 atom stereocenters. The van der Waals surface area contributed by atoms with E-state index in [9.17, 15) is 4.79 Å². The number of hydrogen-bond acceptors (Lipinski definition) is 4. The van der Waals surface area contributed by atoms with Crippen LogP contribution in [0.1, 0.15) is 21.7 Å². The van der Waals surface area contributed by atoms with Crippen LogP contribution in [0.5, 0.6) is 0 Å². The Morgan fingerprint density at radius 3 is 3.00 bits per heavy atom. The van der Waals surface area contributed by atoms with Gasteiger partial charge in [0, 0.05) is 48.8 Å². The molecule has 18 heavy (non-hydrogen) atoms. The number of carbonyl (C=O) groups is 1. The molecule has 0 unspecified atom stereocenters. The topological polar surface area (TPSA) is 82.7 Å². The molecule has 2 aromatic rings. The molecule has 1 aliphatic rings. The van der Waals surface area contributed by atoms with Gasteiger partial charge in [-0.3, -0.25) is 14.9 Å². The average molecular weight is 243 g/mol. The van der Waals surface area contributed by atoms with Gasteiger partial charge in [-0.1, -0.05) is 0 Å². The van der Waals surface area contributed by atoms with Crippen LogP contribution in [-0.4, -0.2) is 27.6 Å². The van der Waals surface area contributed by atoms with Crippen molar-refractivity contribution in [1.29, 1.82) is 0 Å². The summed E-state index contributed by atoms with van der Waals surface area (Å²) in [5.74, 6) is -0.192.